The Morgan fingerprint density at radius 3 is 2.63 bits per heavy atom. The number of carbonyl (C=O) groups excluding carboxylic acids is 2. The molecule has 27 heavy (non-hydrogen) atoms. The van der Waals surface area contributed by atoms with Crippen LogP contribution in [0.2, 0.25) is 0 Å². The van der Waals surface area contributed by atoms with E-state index in [0.29, 0.717) is 25.7 Å². The van der Waals surface area contributed by atoms with Crippen molar-refractivity contribution < 1.29 is 19.1 Å². The Labute approximate surface area is 161 Å². The van der Waals surface area contributed by atoms with Crippen molar-refractivity contribution in [2.75, 3.05) is 39.5 Å². The number of rotatable bonds is 6. The fourth-order valence-corrected chi connectivity index (χ4v) is 3.61. The number of hydrogen-bond acceptors (Lipinski definition) is 4. The fourth-order valence-electron chi connectivity index (χ4n) is 3.61. The van der Waals surface area contributed by atoms with Crippen molar-refractivity contribution in [3.63, 3.8) is 0 Å². The Kier molecular flexibility index (Phi) is 6.72. The molecule has 1 unspecified atom stereocenters. The normalized spacial score (nSPS) is 20.5. The van der Waals surface area contributed by atoms with Crippen LogP contribution < -0.4 is 10.1 Å². The van der Waals surface area contributed by atoms with Crippen LogP contribution in [0.4, 0.5) is 0 Å². The highest BCUT2D eigenvalue weighted by Crippen LogP contribution is 2.21. The number of aryl methyl sites for hydroxylation is 2. The van der Waals surface area contributed by atoms with Crippen molar-refractivity contribution in [3.8, 4) is 5.75 Å². The van der Waals surface area contributed by atoms with E-state index < -0.39 is 0 Å². The van der Waals surface area contributed by atoms with E-state index in [4.69, 9.17) is 9.47 Å². The van der Waals surface area contributed by atoms with Gasteiger partial charge in [-0.3, -0.25) is 9.59 Å². The summed E-state index contributed by atoms with van der Waals surface area (Å²) in [5.41, 5.74) is 2.36. The summed E-state index contributed by atoms with van der Waals surface area (Å²) in [5.74, 6) is 1.31. The molecule has 1 aromatic rings. The predicted octanol–water partition coefficient (Wildman–Crippen LogP) is 2.07. The zero-order valence-corrected chi connectivity index (χ0v) is 16.3. The number of nitrogens with zero attached hydrogens (tertiary/aromatic N) is 1. The number of likely N-dealkylation sites (tertiary alicyclic amines) is 1. The molecule has 0 spiro atoms. The van der Waals surface area contributed by atoms with E-state index in [1.165, 1.54) is 5.56 Å². The number of amides is 2. The Morgan fingerprint density at radius 1 is 1.19 bits per heavy atom. The van der Waals surface area contributed by atoms with Crippen LogP contribution in [0, 0.1) is 25.7 Å². The van der Waals surface area contributed by atoms with Crippen molar-refractivity contribution in [2.24, 2.45) is 11.8 Å². The van der Waals surface area contributed by atoms with E-state index >= 15 is 0 Å². The Bertz CT molecular complexity index is 662. The van der Waals surface area contributed by atoms with Crippen molar-refractivity contribution in [1.29, 1.82) is 0 Å². The van der Waals surface area contributed by atoms with Crippen LogP contribution in [-0.4, -0.2) is 56.2 Å². The number of piperidine rings is 1. The molecule has 0 aliphatic carbocycles. The quantitative estimate of drug-likeness (QED) is 0.828. The van der Waals surface area contributed by atoms with Crippen molar-refractivity contribution in [1.82, 2.24) is 10.2 Å². The standard InChI is InChI=1S/C21H30N2O4/c1-15-3-4-19(11-16(15)2)27-14-20(24)22-12-17-5-8-23(9-6-17)21(25)18-7-10-26-13-18/h3-4,11,17-18H,5-10,12-14H2,1-2H3,(H,22,24). The highest BCUT2D eigenvalue weighted by atomic mass is 16.5. The van der Waals surface area contributed by atoms with Gasteiger partial charge in [0.15, 0.2) is 6.61 Å². The van der Waals surface area contributed by atoms with E-state index in [1.54, 1.807) is 0 Å². The molecule has 6 nitrogen and oxygen atoms in total. The second-order valence-corrected chi connectivity index (χ2v) is 7.67. The van der Waals surface area contributed by atoms with Crippen molar-refractivity contribution >= 4 is 11.8 Å². The maximum Gasteiger partial charge on any atom is 0.257 e. The molecule has 3 rings (SSSR count). The molecule has 2 amide bonds. The Morgan fingerprint density at radius 2 is 1.96 bits per heavy atom. The molecular formula is C21H30N2O4. The minimum Gasteiger partial charge on any atom is -0.484 e. The van der Waals surface area contributed by atoms with Gasteiger partial charge in [0.05, 0.1) is 12.5 Å². The van der Waals surface area contributed by atoms with Gasteiger partial charge in [-0.1, -0.05) is 6.07 Å². The number of nitrogens with one attached hydrogen (secondary N) is 1. The molecule has 0 aromatic heterocycles. The summed E-state index contributed by atoms with van der Waals surface area (Å²) in [7, 11) is 0. The maximum atomic E-state index is 12.4. The van der Waals surface area contributed by atoms with Gasteiger partial charge in [0.2, 0.25) is 5.91 Å². The molecule has 1 N–H and O–H groups in total. The third-order valence-electron chi connectivity index (χ3n) is 5.64. The van der Waals surface area contributed by atoms with Crippen LogP contribution in [-0.2, 0) is 14.3 Å². The zero-order valence-electron chi connectivity index (χ0n) is 16.3. The molecule has 2 fully saturated rings. The molecule has 0 saturated carbocycles. The van der Waals surface area contributed by atoms with Gasteiger partial charge in [0.25, 0.3) is 5.91 Å². The summed E-state index contributed by atoms with van der Waals surface area (Å²) < 4.78 is 10.9. The molecule has 148 valence electrons. The summed E-state index contributed by atoms with van der Waals surface area (Å²) in [6.07, 6.45) is 2.70. The molecule has 2 saturated heterocycles. The van der Waals surface area contributed by atoms with E-state index in [-0.39, 0.29) is 24.3 Å². The second-order valence-electron chi connectivity index (χ2n) is 7.67. The first kappa shape index (κ1) is 19.7. The molecule has 0 radical (unpaired) electrons. The number of benzene rings is 1. The fraction of sp³-hybridized carbons (Fsp3) is 0.619. The molecule has 2 aliphatic rings. The van der Waals surface area contributed by atoms with E-state index in [9.17, 15) is 9.59 Å². The lowest BCUT2D eigenvalue weighted by atomic mass is 9.95. The zero-order chi connectivity index (χ0) is 19.2. The molecule has 2 heterocycles. The van der Waals surface area contributed by atoms with Gasteiger partial charge in [-0.2, -0.15) is 0 Å². The first-order chi connectivity index (χ1) is 13.0. The van der Waals surface area contributed by atoms with Gasteiger partial charge in [0.1, 0.15) is 5.75 Å². The number of carbonyl (C=O) groups is 2. The third-order valence-corrected chi connectivity index (χ3v) is 5.64. The summed E-state index contributed by atoms with van der Waals surface area (Å²) in [4.78, 5) is 26.4. The summed E-state index contributed by atoms with van der Waals surface area (Å²) in [5, 5.41) is 2.96. The highest BCUT2D eigenvalue weighted by Gasteiger charge is 2.30. The van der Waals surface area contributed by atoms with Crippen LogP contribution >= 0.6 is 0 Å². The SMILES string of the molecule is Cc1ccc(OCC(=O)NCC2CCN(C(=O)C3CCOC3)CC2)cc1C. The van der Waals surface area contributed by atoms with Crippen LogP contribution in [0.5, 0.6) is 5.75 Å². The summed E-state index contributed by atoms with van der Waals surface area (Å²) in [6.45, 7) is 7.55. The lowest BCUT2D eigenvalue weighted by Gasteiger charge is -2.33. The maximum absolute atomic E-state index is 12.4. The van der Waals surface area contributed by atoms with Gasteiger partial charge in [-0.15, -0.1) is 0 Å². The van der Waals surface area contributed by atoms with Crippen LogP contribution in [0.3, 0.4) is 0 Å². The summed E-state index contributed by atoms with van der Waals surface area (Å²) in [6, 6.07) is 5.83. The predicted molar refractivity (Wildman–Crippen MR) is 103 cm³/mol. The average Bonchev–Trinajstić information content (AvgIpc) is 3.22. The van der Waals surface area contributed by atoms with Crippen LogP contribution in [0.15, 0.2) is 18.2 Å². The van der Waals surface area contributed by atoms with Crippen molar-refractivity contribution in [3.05, 3.63) is 29.3 Å². The smallest absolute Gasteiger partial charge is 0.257 e. The molecule has 1 atom stereocenters. The van der Waals surface area contributed by atoms with Gasteiger partial charge < -0.3 is 19.7 Å². The highest BCUT2D eigenvalue weighted by molar-refractivity contribution is 5.79. The minimum atomic E-state index is -0.102. The Balaban J connectivity index is 1.34. The monoisotopic (exact) mass is 374 g/mol. The first-order valence-electron chi connectivity index (χ1n) is 9.86. The summed E-state index contributed by atoms with van der Waals surface area (Å²) >= 11 is 0. The second kappa shape index (κ2) is 9.22. The van der Waals surface area contributed by atoms with Gasteiger partial charge >= 0.3 is 0 Å². The molecule has 1 aromatic carbocycles. The average molecular weight is 374 g/mol. The third kappa shape index (κ3) is 5.45. The van der Waals surface area contributed by atoms with Gasteiger partial charge in [-0.05, 0) is 62.3 Å². The minimum absolute atomic E-state index is 0.0293. The largest absolute Gasteiger partial charge is 0.484 e. The van der Waals surface area contributed by atoms with E-state index in [0.717, 1.165) is 43.7 Å². The Hall–Kier alpha value is -2.08. The molecular weight excluding hydrogens is 344 g/mol. The van der Waals surface area contributed by atoms with Crippen LogP contribution in [0.25, 0.3) is 0 Å². The van der Waals surface area contributed by atoms with Gasteiger partial charge in [-0.25, -0.2) is 0 Å². The first-order valence-corrected chi connectivity index (χ1v) is 9.86. The molecule has 6 heteroatoms. The molecule has 0 bridgehead atoms. The van der Waals surface area contributed by atoms with Gasteiger partial charge in [0, 0.05) is 26.2 Å². The van der Waals surface area contributed by atoms with Crippen molar-refractivity contribution in [2.45, 2.75) is 33.1 Å². The number of ether oxygens (including phenoxy) is 2. The lowest BCUT2D eigenvalue weighted by molar-refractivity contribution is -0.137. The van der Waals surface area contributed by atoms with Crippen LogP contribution in [0.1, 0.15) is 30.4 Å². The molecule has 2 aliphatic heterocycles. The van der Waals surface area contributed by atoms with E-state index in [2.05, 4.69) is 5.32 Å². The lowest BCUT2D eigenvalue weighted by Crippen LogP contribution is -2.44. The number of hydrogen-bond donors (Lipinski definition) is 1. The topological polar surface area (TPSA) is 67.9 Å². The van der Waals surface area contributed by atoms with E-state index in [1.807, 2.05) is 36.9 Å².